The Labute approximate surface area is 395 Å². The second kappa shape index (κ2) is 39.9. The molecule has 0 aliphatic rings. The fraction of sp³-hybridized carbons (Fsp3) is 0.773. The van der Waals surface area contributed by atoms with Crippen LogP contribution >= 0.6 is 0 Å². The van der Waals surface area contributed by atoms with E-state index >= 15 is 0 Å². The first-order chi connectivity index (χ1) is 23.4. The van der Waals surface area contributed by atoms with Gasteiger partial charge >= 0.3 is 103 Å². The van der Waals surface area contributed by atoms with Crippen molar-refractivity contribution in [1.29, 1.82) is 0 Å². The van der Waals surface area contributed by atoms with Crippen molar-refractivity contribution < 1.29 is 123 Å². The Bertz CT molecular complexity index is 768. The van der Waals surface area contributed by atoms with E-state index in [0.29, 0.717) is 0 Å². The Morgan fingerprint density at radius 2 is 0.560 bits per heavy atom. The van der Waals surface area contributed by atoms with Gasteiger partial charge in [-0.25, -0.2) is 0 Å². The second-order valence-electron chi connectivity index (χ2n) is 14.3. The van der Waals surface area contributed by atoms with Crippen molar-refractivity contribution in [1.82, 2.24) is 0 Å². The maximum atomic E-state index is 13.4. The minimum Gasteiger partial charge on any atom is -0.549 e. The van der Waals surface area contributed by atoms with Crippen LogP contribution in [0.3, 0.4) is 0 Å². The summed E-state index contributed by atoms with van der Waals surface area (Å²) in [5.74, 6) is -2.57. The number of unbranched alkanes of at least 4 members (excludes halogenated alkanes) is 20. The van der Waals surface area contributed by atoms with Crippen LogP contribution in [-0.2, 0) is 9.59 Å². The van der Waals surface area contributed by atoms with E-state index < -0.39 is 22.8 Å². The van der Waals surface area contributed by atoms with Gasteiger partial charge < -0.3 is 19.8 Å². The summed E-state index contributed by atoms with van der Waals surface area (Å²) in [7, 11) is 0. The smallest absolute Gasteiger partial charge is 0.549 e. The first kappa shape index (κ1) is 55.5. The zero-order valence-corrected chi connectivity index (χ0v) is 40.3. The monoisotopic (exact) mass is 747 g/mol. The third-order valence-electron chi connectivity index (χ3n) is 10.1. The van der Waals surface area contributed by atoms with E-state index in [1.807, 2.05) is 24.3 Å². The summed E-state index contributed by atoms with van der Waals surface area (Å²) in [6, 6.07) is 0. The van der Waals surface area contributed by atoms with Crippen LogP contribution in [0.2, 0.25) is 0 Å². The average Bonchev–Trinajstić information content (AvgIpc) is 3.07. The van der Waals surface area contributed by atoms with Crippen LogP contribution in [0.15, 0.2) is 48.6 Å². The van der Waals surface area contributed by atoms with Gasteiger partial charge in [-0.15, -0.1) is 0 Å². The van der Waals surface area contributed by atoms with Crippen molar-refractivity contribution in [2.45, 2.75) is 207 Å². The standard InChI is InChI=1S/C44H78O4.2K/c1-5-9-13-17-21-25-29-33-37-43(41(45)46,38-34-30-26-22-18-14-10-6-2)44(42(47)48,39-35-31-27-23-19-15-11-7-3)40-36-32-28-24-20-16-12-8-4;;/h29-36H,5-28,37-40H2,1-4H3,(H,45,46)(H,47,48);;/q;2*+1/p-2. The molecule has 0 bridgehead atoms. The van der Waals surface area contributed by atoms with E-state index in [2.05, 4.69) is 52.0 Å². The van der Waals surface area contributed by atoms with E-state index in [4.69, 9.17) is 0 Å². The van der Waals surface area contributed by atoms with Crippen molar-refractivity contribution in [2.75, 3.05) is 0 Å². The van der Waals surface area contributed by atoms with Gasteiger partial charge in [0.15, 0.2) is 0 Å². The molecule has 0 N–H and O–H groups in total. The van der Waals surface area contributed by atoms with Crippen LogP contribution in [-0.4, -0.2) is 11.9 Å². The quantitative estimate of drug-likeness (QED) is 0.0475. The number of carbonyl (C=O) groups is 2. The number of carbonyl (C=O) groups excluding carboxylic acids is 2. The molecule has 0 aliphatic heterocycles. The summed E-state index contributed by atoms with van der Waals surface area (Å²) in [5, 5.41) is 26.8. The molecule has 0 atom stereocenters. The van der Waals surface area contributed by atoms with Gasteiger partial charge in [0.2, 0.25) is 0 Å². The number of carboxylic acid groups (broad SMARTS) is 2. The van der Waals surface area contributed by atoms with Gasteiger partial charge in [0.25, 0.3) is 0 Å². The number of allylic oxidation sites excluding steroid dienone is 8. The number of rotatable bonds is 35. The zero-order valence-electron chi connectivity index (χ0n) is 34.1. The van der Waals surface area contributed by atoms with Crippen LogP contribution in [0.5, 0.6) is 0 Å². The molecular weight excluding hydrogens is 671 g/mol. The van der Waals surface area contributed by atoms with Crippen molar-refractivity contribution in [3.63, 3.8) is 0 Å². The molecule has 6 heteroatoms. The van der Waals surface area contributed by atoms with Gasteiger partial charge in [0.05, 0.1) is 0 Å². The Balaban J connectivity index is -0.0000110. The minimum absolute atomic E-state index is 0. The summed E-state index contributed by atoms with van der Waals surface area (Å²) >= 11 is 0. The van der Waals surface area contributed by atoms with E-state index in [0.717, 1.165) is 77.0 Å². The Morgan fingerprint density at radius 3 is 0.740 bits per heavy atom. The van der Waals surface area contributed by atoms with Gasteiger partial charge in [-0.3, -0.25) is 0 Å². The third kappa shape index (κ3) is 26.1. The van der Waals surface area contributed by atoms with Gasteiger partial charge in [0.1, 0.15) is 0 Å². The predicted octanol–water partition coefficient (Wildman–Crippen LogP) is 5.69. The van der Waals surface area contributed by atoms with E-state index in [1.54, 1.807) is 0 Å². The topological polar surface area (TPSA) is 80.3 Å². The summed E-state index contributed by atoms with van der Waals surface area (Å²) in [5.41, 5.74) is -3.25. The molecule has 0 aromatic carbocycles. The van der Waals surface area contributed by atoms with Gasteiger partial charge in [-0.1, -0.05) is 179 Å². The molecule has 0 heterocycles. The van der Waals surface area contributed by atoms with E-state index in [-0.39, 0.29) is 128 Å². The average molecular weight is 747 g/mol. The van der Waals surface area contributed by atoms with Gasteiger partial charge in [-0.2, -0.15) is 0 Å². The van der Waals surface area contributed by atoms with E-state index in [9.17, 15) is 19.8 Å². The number of aliphatic carboxylic acids is 2. The molecule has 0 spiro atoms. The van der Waals surface area contributed by atoms with Crippen LogP contribution < -0.4 is 113 Å². The molecule has 0 unspecified atom stereocenters. The summed E-state index contributed by atoms with van der Waals surface area (Å²) in [6.45, 7) is 8.82. The molecule has 0 aromatic heterocycles. The van der Waals surface area contributed by atoms with Crippen molar-refractivity contribution >= 4 is 11.9 Å². The van der Waals surface area contributed by atoms with Crippen LogP contribution in [0, 0.1) is 10.8 Å². The summed E-state index contributed by atoms with van der Waals surface area (Å²) in [6.07, 6.45) is 43.2. The van der Waals surface area contributed by atoms with Crippen LogP contribution in [0.1, 0.15) is 207 Å². The molecular formula is C44H76K2O4. The summed E-state index contributed by atoms with van der Waals surface area (Å²) < 4.78 is 0. The SMILES string of the molecule is CCCCCCCC=CCC(CC=CCCCCCCC)(C(=O)[O-])C(CC=CCCCCCCC)(CC=CCCCCCCC)C(=O)[O-].[K+].[K+]. The molecule has 278 valence electrons. The Hall–Kier alpha value is 1.17. The molecule has 0 fully saturated rings. The first-order valence-electron chi connectivity index (χ1n) is 20.4. The molecule has 0 aliphatic carbocycles. The van der Waals surface area contributed by atoms with Crippen molar-refractivity contribution in [3.8, 4) is 0 Å². The van der Waals surface area contributed by atoms with Crippen molar-refractivity contribution in [2.24, 2.45) is 10.8 Å². The summed E-state index contributed by atoms with van der Waals surface area (Å²) in [4.78, 5) is 26.8. The fourth-order valence-electron chi connectivity index (χ4n) is 6.74. The fourth-order valence-corrected chi connectivity index (χ4v) is 6.74. The minimum atomic E-state index is -1.62. The molecule has 0 radical (unpaired) electrons. The van der Waals surface area contributed by atoms with Crippen molar-refractivity contribution in [3.05, 3.63) is 48.6 Å². The van der Waals surface area contributed by atoms with Gasteiger partial charge in [0, 0.05) is 22.8 Å². The second-order valence-corrected chi connectivity index (χ2v) is 14.3. The Kier molecular flexibility index (Phi) is 44.2. The van der Waals surface area contributed by atoms with Crippen LogP contribution in [0.4, 0.5) is 0 Å². The molecule has 4 nitrogen and oxygen atoms in total. The largest absolute Gasteiger partial charge is 1.00 e. The van der Waals surface area contributed by atoms with E-state index in [1.165, 1.54) is 77.0 Å². The molecule has 0 aromatic rings. The predicted molar refractivity (Wildman–Crippen MR) is 203 cm³/mol. The Morgan fingerprint density at radius 1 is 0.360 bits per heavy atom. The van der Waals surface area contributed by atoms with Gasteiger partial charge in [-0.05, 0) is 77.0 Å². The zero-order chi connectivity index (χ0) is 35.6. The molecule has 50 heavy (non-hydrogen) atoms. The molecule has 0 saturated heterocycles. The number of hydrogen-bond donors (Lipinski definition) is 0. The molecule has 0 amide bonds. The maximum absolute atomic E-state index is 13.4. The number of hydrogen-bond acceptors (Lipinski definition) is 4. The molecule has 0 saturated carbocycles. The first-order valence-corrected chi connectivity index (χ1v) is 20.4. The molecule has 0 rings (SSSR count). The maximum Gasteiger partial charge on any atom is 1.00 e. The normalized spacial score (nSPS) is 14.2. The number of carboxylic acids is 2. The third-order valence-corrected chi connectivity index (χ3v) is 10.1. The van der Waals surface area contributed by atoms with Crippen LogP contribution in [0.25, 0.3) is 0 Å².